The molecular formula is C16H25F3N4O4. The standard InChI is InChI=1S/C16H25F3N4O4/c1-6(2)10(20)21-11(24)9-8-7(15(8,3)4)5-23(9)13(26)12(25)22-14(27)16(17,18)19/h6-10,12,25H,5,20H2,1-4H3,(H,21,24)(H,22,27)/t7?,8?,9-,10-,12-/m0/s1. The summed E-state index contributed by atoms with van der Waals surface area (Å²) < 4.78 is 37.0. The van der Waals surface area contributed by atoms with Crippen molar-refractivity contribution in [3.05, 3.63) is 0 Å². The van der Waals surface area contributed by atoms with Crippen LogP contribution in [0, 0.1) is 23.2 Å². The molecule has 1 aliphatic carbocycles. The van der Waals surface area contributed by atoms with Gasteiger partial charge >= 0.3 is 12.1 Å². The average Bonchev–Trinajstić information content (AvgIpc) is 2.90. The summed E-state index contributed by atoms with van der Waals surface area (Å²) in [4.78, 5) is 37.0. The van der Waals surface area contributed by atoms with Gasteiger partial charge in [0.25, 0.3) is 5.91 Å². The Morgan fingerprint density at radius 1 is 1.22 bits per heavy atom. The van der Waals surface area contributed by atoms with Gasteiger partial charge in [-0.15, -0.1) is 0 Å². The van der Waals surface area contributed by atoms with E-state index in [-0.39, 0.29) is 29.7 Å². The predicted octanol–water partition coefficient (Wildman–Crippen LogP) is -0.477. The van der Waals surface area contributed by atoms with Gasteiger partial charge in [-0.05, 0) is 23.2 Å². The van der Waals surface area contributed by atoms with E-state index in [4.69, 9.17) is 5.73 Å². The number of nitrogens with two attached hydrogens (primary N) is 1. The van der Waals surface area contributed by atoms with Gasteiger partial charge in [0.2, 0.25) is 12.1 Å². The first kappa shape index (κ1) is 21.4. The Hall–Kier alpha value is -1.88. The lowest BCUT2D eigenvalue weighted by Gasteiger charge is -2.32. The van der Waals surface area contributed by atoms with Crippen LogP contribution < -0.4 is 16.4 Å². The first-order valence-corrected chi connectivity index (χ1v) is 8.61. The van der Waals surface area contributed by atoms with Crippen LogP contribution in [0.4, 0.5) is 13.2 Å². The zero-order chi connectivity index (χ0) is 20.9. The second-order valence-electron chi connectivity index (χ2n) is 8.04. The SMILES string of the molecule is CC(C)[C@@H](N)NC(=O)[C@@H]1C2C(CN1C(=O)[C@H](O)NC(=O)C(F)(F)F)C2(C)C. The number of hydrogen-bond donors (Lipinski definition) is 4. The summed E-state index contributed by atoms with van der Waals surface area (Å²) in [5, 5.41) is 13.5. The number of nitrogens with one attached hydrogen (secondary N) is 2. The molecule has 1 aliphatic heterocycles. The van der Waals surface area contributed by atoms with Crippen LogP contribution in [0.15, 0.2) is 0 Å². The summed E-state index contributed by atoms with van der Waals surface area (Å²) in [7, 11) is 0. The largest absolute Gasteiger partial charge is 0.471 e. The minimum atomic E-state index is -5.24. The van der Waals surface area contributed by atoms with Crippen LogP contribution in [-0.2, 0) is 14.4 Å². The molecule has 0 aromatic carbocycles. The van der Waals surface area contributed by atoms with Crippen molar-refractivity contribution in [2.24, 2.45) is 28.9 Å². The van der Waals surface area contributed by atoms with Crippen LogP contribution >= 0.6 is 0 Å². The predicted molar refractivity (Wildman–Crippen MR) is 87.4 cm³/mol. The number of likely N-dealkylation sites (tertiary alicyclic amines) is 1. The summed E-state index contributed by atoms with van der Waals surface area (Å²) >= 11 is 0. The highest BCUT2D eigenvalue weighted by Gasteiger charge is 2.69. The normalized spacial score (nSPS) is 28.4. The molecule has 0 aromatic rings. The lowest BCUT2D eigenvalue weighted by atomic mass is 10.00. The van der Waals surface area contributed by atoms with Crippen LogP contribution in [-0.4, -0.2) is 58.9 Å². The highest BCUT2D eigenvalue weighted by Crippen LogP contribution is 2.64. The third-order valence-electron chi connectivity index (χ3n) is 5.55. The molecule has 1 saturated carbocycles. The number of aliphatic hydroxyl groups is 1. The number of carbonyl (C=O) groups is 3. The van der Waals surface area contributed by atoms with E-state index in [0.29, 0.717) is 0 Å². The molecule has 0 spiro atoms. The van der Waals surface area contributed by atoms with Crippen molar-refractivity contribution in [2.75, 3.05) is 6.54 Å². The number of halogens is 3. The molecule has 5 atom stereocenters. The number of nitrogens with zero attached hydrogens (tertiary/aromatic N) is 1. The zero-order valence-corrected chi connectivity index (χ0v) is 15.5. The van der Waals surface area contributed by atoms with E-state index in [1.165, 1.54) is 5.32 Å². The number of rotatable bonds is 5. The number of fused-ring (bicyclic) bond motifs is 1. The summed E-state index contributed by atoms with van der Waals surface area (Å²) in [6.07, 6.45) is -8.30. The van der Waals surface area contributed by atoms with Crippen LogP contribution in [0.5, 0.6) is 0 Å². The smallest absolute Gasteiger partial charge is 0.365 e. The summed E-state index contributed by atoms with van der Waals surface area (Å²) in [6, 6.07) is -0.972. The van der Waals surface area contributed by atoms with Gasteiger partial charge in [0.05, 0.1) is 6.17 Å². The molecule has 0 bridgehead atoms. The molecule has 2 aliphatic rings. The Kier molecular flexibility index (Phi) is 5.50. The lowest BCUT2D eigenvalue weighted by Crippen LogP contribution is -2.59. The number of aliphatic hydroxyl groups excluding tert-OH is 1. The first-order valence-electron chi connectivity index (χ1n) is 8.61. The molecule has 2 unspecified atom stereocenters. The minimum absolute atomic E-state index is 0.0296. The van der Waals surface area contributed by atoms with Gasteiger partial charge in [0.15, 0.2) is 0 Å². The van der Waals surface area contributed by atoms with Crippen LogP contribution in [0.1, 0.15) is 27.7 Å². The van der Waals surface area contributed by atoms with E-state index in [2.05, 4.69) is 5.32 Å². The molecule has 2 rings (SSSR count). The Bertz CT molecular complexity index is 638. The number of amides is 3. The van der Waals surface area contributed by atoms with Crippen molar-refractivity contribution in [3.8, 4) is 0 Å². The van der Waals surface area contributed by atoms with Crippen molar-refractivity contribution < 1.29 is 32.7 Å². The third kappa shape index (κ3) is 4.03. The van der Waals surface area contributed by atoms with Crippen molar-refractivity contribution in [2.45, 2.75) is 52.3 Å². The fourth-order valence-electron chi connectivity index (χ4n) is 3.65. The zero-order valence-electron chi connectivity index (χ0n) is 15.5. The molecule has 0 aromatic heterocycles. The second kappa shape index (κ2) is 6.93. The second-order valence-corrected chi connectivity index (χ2v) is 8.04. The van der Waals surface area contributed by atoms with Crippen LogP contribution in [0.2, 0.25) is 0 Å². The van der Waals surface area contributed by atoms with Crippen molar-refractivity contribution in [1.82, 2.24) is 15.5 Å². The number of alkyl halides is 3. The maximum absolute atomic E-state index is 12.7. The Balaban J connectivity index is 2.14. The fraction of sp³-hybridized carbons (Fsp3) is 0.812. The van der Waals surface area contributed by atoms with Crippen LogP contribution in [0.3, 0.4) is 0 Å². The molecular weight excluding hydrogens is 369 g/mol. The summed E-state index contributed by atoms with van der Waals surface area (Å²) in [5.74, 6) is -4.43. The van der Waals surface area contributed by atoms with Gasteiger partial charge in [-0.3, -0.25) is 14.4 Å². The Morgan fingerprint density at radius 3 is 2.26 bits per heavy atom. The van der Waals surface area contributed by atoms with E-state index in [1.54, 1.807) is 13.8 Å². The molecule has 1 saturated heterocycles. The molecule has 0 radical (unpaired) electrons. The third-order valence-corrected chi connectivity index (χ3v) is 5.55. The van der Waals surface area contributed by atoms with E-state index in [9.17, 15) is 32.7 Å². The number of hydrogen-bond acceptors (Lipinski definition) is 5. The van der Waals surface area contributed by atoms with E-state index in [0.717, 1.165) is 4.90 Å². The van der Waals surface area contributed by atoms with Crippen molar-refractivity contribution in [1.29, 1.82) is 0 Å². The minimum Gasteiger partial charge on any atom is -0.365 e. The van der Waals surface area contributed by atoms with Gasteiger partial charge in [-0.1, -0.05) is 27.7 Å². The van der Waals surface area contributed by atoms with E-state index >= 15 is 0 Å². The summed E-state index contributed by atoms with van der Waals surface area (Å²) in [6.45, 7) is 7.54. The monoisotopic (exact) mass is 394 g/mol. The number of piperidine rings is 1. The number of carbonyl (C=O) groups excluding carboxylic acids is 3. The molecule has 3 amide bonds. The quantitative estimate of drug-likeness (QED) is 0.469. The van der Waals surface area contributed by atoms with E-state index < -0.39 is 42.3 Å². The van der Waals surface area contributed by atoms with Gasteiger partial charge in [0, 0.05) is 6.54 Å². The molecule has 11 heteroatoms. The van der Waals surface area contributed by atoms with Crippen LogP contribution in [0.25, 0.3) is 0 Å². The summed E-state index contributed by atoms with van der Waals surface area (Å²) in [5.41, 5.74) is 5.62. The fourth-order valence-corrected chi connectivity index (χ4v) is 3.65. The first-order chi connectivity index (χ1) is 12.2. The van der Waals surface area contributed by atoms with Gasteiger partial charge < -0.3 is 26.4 Å². The topological polar surface area (TPSA) is 125 Å². The maximum atomic E-state index is 12.7. The molecule has 2 fully saturated rings. The van der Waals surface area contributed by atoms with Crippen molar-refractivity contribution in [3.63, 3.8) is 0 Å². The molecule has 154 valence electrons. The lowest BCUT2D eigenvalue weighted by molar-refractivity contribution is -0.178. The van der Waals surface area contributed by atoms with Crippen molar-refractivity contribution >= 4 is 17.7 Å². The highest BCUT2D eigenvalue weighted by molar-refractivity contribution is 5.93. The average molecular weight is 394 g/mol. The maximum Gasteiger partial charge on any atom is 0.471 e. The molecule has 5 N–H and O–H groups in total. The van der Waals surface area contributed by atoms with Gasteiger partial charge in [-0.25, -0.2) is 0 Å². The van der Waals surface area contributed by atoms with Gasteiger partial charge in [0.1, 0.15) is 6.04 Å². The Morgan fingerprint density at radius 2 is 1.78 bits per heavy atom. The Labute approximate surface area is 154 Å². The van der Waals surface area contributed by atoms with E-state index in [1.807, 2.05) is 13.8 Å². The highest BCUT2D eigenvalue weighted by atomic mass is 19.4. The molecule has 1 heterocycles. The molecule has 8 nitrogen and oxygen atoms in total. The molecule has 27 heavy (non-hydrogen) atoms. The van der Waals surface area contributed by atoms with Gasteiger partial charge in [-0.2, -0.15) is 13.2 Å².